The number of nitrogens with zero attached hydrogens (tertiary/aromatic N) is 1. The Morgan fingerprint density at radius 1 is 1.26 bits per heavy atom. The molecule has 0 saturated carbocycles. The number of benzene rings is 1. The van der Waals surface area contributed by atoms with Gasteiger partial charge in [0.15, 0.2) is 0 Å². The van der Waals surface area contributed by atoms with Gasteiger partial charge < -0.3 is 5.32 Å². The van der Waals surface area contributed by atoms with E-state index >= 15 is 0 Å². The summed E-state index contributed by atoms with van der Waals surface area (Å²) in [6, 6.07) is 7.79. The van der Waals surface area contributed by atoms with Crippen LogP contribution in [0, 0.1) is 0 Å². The zero-order valence-electron chi connectivity index (χ0n) is 10.3. The summed E-state index contributed by atoms with van der Waals surface area (Å²) in [5.41, 5.74) is 2.17. The lowest BCUT2D eigenvalue weighted by Gasteiger charge is -2.17. The Balaban J connectivity index is 2.24. The normalized spacial score (nSPS) is 12.4. The Hall–Kier alpha value is -0.610. The first-order chi connectivity index (χ1) is 9.10. The van der Waals surface area contributed by atoms with Crippen LogP contribution in [0.5, 0.6) is 0 Å². The monoisotopic (exact) mass is 358 g/mol. The molecule has 1 unspecified atom stereocenters. The van der Waals surface area contributed by atoms with Gasteiger partial charge in [-0.1, -0.05) is 29.3 Å². The lowest BCUT2D eigenvalue weighted by atomic mass is 10.0. The highest BCUT2D eigenvalue weighted by atomic mass is 79.9. The van der Waals surface area contributed by atoms with Crippen molar-refractivity contribution < 1.29 is 0 Å². The van der Waals surface area contributed by atoms with Gasteiger partial charge in [0.1, 0.15) is 0 Å². The molecule has 2 rings (SSSR count). The van der Waals surface area contributed by atoms with E-state index in [1.165, 1.54) is 0 Å². The van der Waals surface area contributed by atoms with E-state index < -0.39 is 0 Å². The number of likely N-dealkylation sites (N-methyl/N-ethyl adjacent to an activating group) is 1. The third kappa shape index (κ3) is 3.93. The van der Waals surface area contributed by atoms with Crippen LogP contribution in [0.25, 0.3) is 0 Å². The summed E-state index contributed by atoms with van der Waals surface area (Å²) in [6.07, 6.45) is 4.41. The topological polar surface area (TPSA) is 24.9 Å². The molecule has 2 aromatic rings. The van der Waals surface area contributed by atoms with Crippen molar-refractivity contribution in [1.29, 1.82) is 0 Å². The van der Waals surface area contributed by atoms with Crippen molar-refractivity contribution >= 4 is 39.1 Å². The second kappa shape index (κ2) is 6.71. The molecule has 100 valence electrons. The highest BCUT2D eigenvalue weighted by Crippen LogP contribution is 2.26. The predicted octanol–water partition coefficient (Wildman–Crippen LogP) is 4.65. The summed E-state index contributed by atoms with van der Waals surface area (Å²) in [7, 11) is 1.93. The molecular weight excluding hydrogens is 347 g/mol. The Morgan fingerprint density at radius 2 is 2.05 bits per heavy atom. The maximum atomic E-state index is 6.21. The number of halogens is 3. The van der Waals surface area contributed by atoms with Gasteiger partial charge in [0.25, 0.3) is 0 Å². The zero-order chi connectivity index (χ0) is 13.8. The molecule has 2 nitrogen and oxygen atoms in total. The van der Waals surface area contributed by atoms with Gasteiger partial charge in [-0.2, -0.15) is 0 Å². The highest BCUT2D eigenvalue weighted by molar-refractivity contribution is 9.10. The van der Waals surface area contributed by atoms with E-state index in [4.69, 9.17) is 23.2 Å². The van der Waals surface area contributed by atoms with Crippen molar-refractivity contribution in [1.82, 2.24) is 10.3 Å². The molecule has 1 aromatic carbocycles. The molecule has 19 heavy (non-hydrogen) atoms. The van der Waals surface area contributed by atoms with Gasteiger partial charge >= 0.3 is 0 Å². The third-order valence-corrected chi connectivity index (χ3v) is 3.94. The van der Waals surface area contributed by atoms with Crippen molar-refractivity contribution in [3.63, 3.8) is 0 Å². The first-order valence-corrected chi connectivity index (χ1v) is 7.36. The molecule has 0 fully saturated rings. The SMILES string of the molecule is CNC(Cc1ccc(Cl)cc1Cl)c1cncc(Br)c1. The van der Waals surface area contributed by atoms with Crippen LogP contribution >= 0.6 is 39.1 Å². The molecule has 0 radical (unpaired) electrons. The number of hydrogen-bond donors (Lipinski definition) is 1. The fourth-order valence-corrected chi connectivity index (χ4v) is 2.78. The van der Waals surface area contributed by atoms with Crippen LogP contribution in [0.2, 0.25) is 10.0 Å². The molecule has 0 bridgehead atoms. The molecule has 0 amide bonds. The van der Waals surface area contributed by atoms with Crippen molar-refractivity contribution in [2.45, 2.75) is 12.5 Å². The highest BCUT2D eigenvalue weighted by Gasteiger charge is 2.13. The molecule has 0 aliphatic carbocycles. The van der Waals surface area contributed by atoms with Crippen LogP contribution in [0.4, 0.5) is 0 Å². The molecule has 0 aliphatic heterocycles. The minimum Gasteiger partial charge on any atom is -0.313 e. The molecule has 1 aromatic heterocycles. The van der Waals surface area contributed by atoms with E-state index in [9.17, 15) is 0 Å². The van der Waals surface area contributed by atoms with E-state index in [0.29, 0.717) is 10.0 Å². The average Bonchev–Trinajstić information content (AvgIpc) is 2.38. The van der Waals surface area contributed by atoms with Crippen molar-refractivity contribution in [2.24, 2.45) is 0 Å². The standard InChI is InChI=1S/C14H13BrCl2N2/c1-18-14(10-4-11(15)8-19-7-10)5-9-2-3-12(16)6-13(9)17/h2-4,6-8,14,18H,5H2,1H3. The van der Waals surface area contributed by atoms with Crippen molar-refractivity contribution in [2.75, 3.05) is 7.05 Å². The second-order valence-corrected chi connectivity index (χ2v) is 5.98. The van der Waals surface area contributed by atoms with Crippen LogP contribution < -0.4 is 5.32 Å². The number of nitrogens with one attached hydrogen (secondary N) is 1. The molecule has 5 heteroatoms. The van der Waals surface area contributed by atoms with E-state index in [0.717, 1.165) is 22.0 Å². The summed E-state index contributed by atoms with van der Waals surface area (Å²) in [5, 5.41) is 4.63. The molecule has 0 spiro atoms. The van der Waals surface area contributed by atoms with Gasteiger partial charge in [0.2, 0.25) is 0 Å². The minimum absolute atomic E-state index is 0.156. The summed E-state index contributed by atoms with van der Waals surface area (Å²) in [6.45, 7) is 0. The second-order valence-electron chi connectivity index (χ2n) is 4.22. The largest absolute Gasteiger partial charge is 0.313 e. The quantitative estimate of drug-likeness (QED) is 0.859. The van der Waals surface area contributed by atoms with Crippen LogP contribution in [0.15, 0.2) is 41.1 Å². The summed E-state index contributed by atoms with van der Waals surface area (Å²) < 4.78 is 0.965. The van der Waals surface area contributed by atoms with Crippen LogP contribution in [-0.2, 0) is 6.42 Å². The van der Waals surface area contributed by atoms with Gasteiger partial charge in [0.05, 0.1) is 0 Å². The molecule has 1 atom stereocenters. The van der Waals surface area contributed by atoms with E-state index in [2.05, 4.69) is 32.3 Å². The maximum absolute atomic E-state index is 6.21. The van der Waals surface area contributed by atoms with Crippen LogP contribution in [0.3, 0.4) is 0 Å². The van der Waals surface area contributed by atoms with Gasteiger partial charge in [-0.25, -0.2) is 0 Å². The van der Waals surface area contributed by atoms with Gasteiger partial charge in [0, 0.05) is 33.0 Å². The third-order valence-electron chi connectivity index (χ3n) is 2.92. The summed E-state index contributed by atoms with van der Waals surface area (Å²) in [5.74, 6) is 0. The van der Waals surface area contributed by atoms with Crippen LogP contribution in [-0.4, -0.2) is 12.0 Å². The Bertz CT molecular complexity index is 575. The maximum Gasteiger partial charge on any atom is 0.0453 e. The van der Waals surface area contributed by atoms with Gasteiger partial charge in [-0.05, 0) is 58.7 Å². The number of aromatic nitrogens is 1. The minimum atomic E-state index is 0.156. The Kier molecular flexibility index (Phi) is 5.22. The molecule has 0 saturated heterocycles. The fourth-order valence-electron chi connectivity index (χ4n) is 1.91. The van der Waals surface area contributed by atoms with Gasteiger partial charge in [-0.3, -0.25) is 4.98 Å². The smallest absolute Gasteiger partial charge is 0.0453 e. The first-order valence-electron chi connectivity index (χ1n) is 5.82. The van der Waals surface area contributed by atoms with Crippen molar-refractivity contribution in [3.05, 3.63) is 62.3 Å². The molecule has 1 heterocycles. The van der Waals surface area contributed by atoms with Crippen molar-refractivity contribution in [3.8, 4) is 0 Å². The molecule has 0 aliphatic rings. The van der Waals surface area contributed by atoms with E-state index in [-0.39, 0.29) is 6.04 Å². The Labute approximate surface area is 131 Å². The van der Waals surface area contributed by atoms with E-state index in [1.54, 1.807) is 12.3 Å². The molecular formula is C14H13BrCl2N2. The number of pyridine rings is 1. The zero-order valence-corrected chi connectivity index (χ0v) is 13.4. The first kappa shape index (κ1) is 14.8. The summed E-state index contributed by atoms with van der Waals surface area (Å²) in [4.78, 5) is 4.19. The number of hydrogen-bond acceptors (Lipinski definition) is 2. The van der Waals surface area contributed by atoms with Crippen LogP contribution in [0.1, 0.15) is 17.2 Å². The lowest BCUT2D eigenvalue weighted by molar-refractivity contribution is 0.589. The predicted molar refractivity (Wildman–Crippen MR) is 83.9 cm³/mol. The number of rotatable bonds is 4. The van der Waals surface area contributed by atoms with Gasteiger partial charge in [-0.15, -0.1) is 0 Å². The van der Waals surface area contributed by atoms with E-state index in [1.807, 2.05) is 25.4 Å². The molecule has 1 N–H and O–H groups in total. The summed E-state index contributed by atoms with van der Waals surface area (Å²) >= 11 is 15.6. The fraction of sp³-hybridized carbons (Fsp3) is 0.214. The lowest BCUT2D eigenvalue weighted by Crippen LogP contribution is -2.19. The average molecular weight is 360 g/mol. The Morgan fingerprint density at radius 3 is 2.68 bits per heavy atom.